The molecular weight excluding hydrogens is 440 g/mol. The van der Waals surface area contributed by atoms with Crippen LogP contribution in [0.15, 0.2) is 74.7 Å². The zero-order valence-electron chi connectivity index (χ0n) is 15.6. The highest BCUT2D eigenvalue weighted by Gasteiger charge is 2.35. The number of ether oxygens (including phenoxy) is 1. The van der Waals surface area contributed by atoms with Crippen LogP contribution in [-0.4, -0.2) is 29.6 Å². The number of carbonyl (C=O) groups is 2. The number of rotatable bonds is 3. The maximum Gasteiger partial charge on any atom is 0.338 e. The van der Waals surface area contributed by atoms with E-state index < -0.39 is 21.6 Å². The molecular formula is C21H12N2O6S2. The van der Waals surface area contributed by atoms with Gasteiger partial charge in [0.1, 0.15) is 6.61 Å². The van der Waals surface area contributed by atoms with Gasteiger partial charge in [-0.25, -0.2) is 18.2 Å². The Kier molecular flexibility index (Phi) is 4.34. The zero-order valence-corrected chi connectivity index (χ0v) is 17.3. The molecule has 8 nitrogen and oxygen atoms in total. The summed E-state index contributed by atoms with van der Waals surface area (Å²) in [7, 11) is -3.96. The average Bonchev–Trinajstić information content (AvgIpc) is 3.25. The van der Waals surface area contributed by atoms with Crippen molar-refractivity contribution in [1.29, 1.82) is 0 Å². The molecule has 0 spiro atoms. The number of thiazole rings is 1. The van der Waals surface area contributed by atoms with Gasteiger partial charge >= 0.3 is 5.97 Å². The van der Waals surface area contributed by atoms with Crippen LogP contribution in [0.2, 0.25) is 0 Å². The van der Waals surface area contributed by atoms with Gasteiger partial charge in [-0.1, -0.05) is 12.1 Å². The molecule has 0 saturated heterocycles. The number of ketones is 1. The van der Waals surface area contributed by atoms with E-state index in [4.69, 9.17) is 4.74 Å². The minimum atomic E-state index is -3.96. The predicted octanol–water partition coefficient (Wildman–Crippen LogP) is 2.49. The van der Waals surface area contributed by atoms with Crippen LogP contribution in [0, 0.1) is 0 Å². The van der Waals surface area contributed by atoms with Crippen LogP contribution in [0.3, 0.4) is 0 Å². The third-order valence-corrected chi connectivity index (χ3v) is 7.49. The van der Waals surface area contributed by atoms with Crippen LogP contribution in [0.4, 0.5) is 0 Å². The van der Waals surface area contributed by atoms with Crippen molar-refractivity contribution in [3.8, 4) is 0 Å². The summed E-state index contributed by atoms with van der Waals surface area (Å²) in [5, 5.41) is 1.71. The summed E-state index contributed by atoms with van der Waals surface area (Å²) in [5.74, 6) is -1.22. The van der Waals surface area contributed by atoms with E-state index in [1.807, 2.05) is 0 Å². The number of fused-ring (bicyclic) bond motifs is 3. The summed E-state index contributed by atoms with van der Waals surface area (Å²) in [4.78, 5) is 41.6. The normalized spacial score (nSPS) is 14.1. The Bertz CT molecular complexity index is 1570. The molecule has 31 heavy (non-hydrogen) atoms. The van der Waals surface area contributed by atoms with Crippen LogP contribution in [-0.2, 0) is 21.2 Å². The summed E-state index contributed by atoms with van der Waals surface area (Å²) in [6.45, 7) is -0.256. The second-order valence-electron chi connectivity index (χ2n) is 6.76. The molecule has 2 aromatic heterocycles. The Hall–Kier alpha value is -3.63. The first-order chi connectivity index (χ1) is 14.9. The smallest absolute Gasteiger partial charge is 0.338 e. The van der Waals surface area contributed by atoms with Crippen molar-refractivity contribution >= 4 is 37.9 Å². The molecule has 0 saturated carbocycles. The molecule has 3 heterocycles. The standard InChI is InChI=1S/C21H12N2O6S2/c24-18-10-13(22-21-23(18)7-8-30-21)11-29-20(26)12-5-6-15-17(9-12)31(27,28)16-4-2-1-3-14(16)19(15)25/h1-10H,11H2. The van der Waals surface area contributed by atoms with Crippen molar-refractivity contribution in [3.63, 3.8) is 0 Å². The molecule has 0 unspecified atom stereocenters. The summed E-state index contributed by atoms with van der Waals surface area (Å²) in [6, 6.07) is 11.0. The Morgan fingerprint density at radius 2 is 1.81 bits per heavy atom. The fourth-order valence-corrected chi connectivity index (χ4v) is 5.81. The van der Waals surface area contributed by atoms with E-state index in [0.29, 0.717) is 4.96 Å². The Morgan fingerprint density at radius 3 is 2.65 bits per heavy atom. The lowest BCUT2D eigenvalue weighted by Gasteiger charge is -2.19. The van der Waals surface area contributed by atoms with Crippen molar-refractivity contribution in [1.82, 2.24) is 9.38 Å². The highest BCUT2D eigenvalue weighted by molar-refractivity contribution is 7.91. The minimum Gasteiger partial charge on any atom is -0.456 e. The highest BCUT2D eigenvalue weighted by atomic mass is 32.2. The Morgan fingerprint density at radius 1 is 1.03 bits per heavy atom. The van der Waals surface area contributed by atoms with Crippen molar-refractivity contribution in [2.45, 2.75) is 16.4 Å². The molecule has 0 fully saturated rings. The van der Waals surface area contributed by atoms with Gasteiger partial charge in [-0.2, -0.15) is 0 Å². The van der Waals surface area contributed by atoms with Gasteiger partial charge < -0.3 is 4.74 Å². The summed E-state index contributed by atoms with van der Waals surface area (Å²) >= 11 is 1.27. The molecule has 10 heteroatoms. The first-order valence-electron chi connectivity index (χ1n) is 9.02. The van der Waals surface area contributed by atoms with Crippen LogP contribution in [0.5, 0.6) is 0 Å². The van der Waals surface area contributed by atoms with Gasteiger partial charge in [0.25, 0.3) is 5.56 Å². The van der Waals surface area contributed by atoms with Gasteiger partial charge in [0, 0.05) is 28.8 Å². The van der Waals surface area contributed by atoms with Crippen molar-refractivity contribution < 1.29 is 22.7 Å². The molecule has 0 aliphatic carbocycles. The molecule has 4 aromatic rings. The maximum absolute atomic E-state index is 13.0. The number of benzene rings is 2. The fourth-order valence-electron chi connectivity index (χ4n) is 3.40. The largest absolute Gasteiger partial charge is 0.456 e. The quantitative estimate of drug-likeness (QED) is 0.387. The molecule has 5 rings (SSSR count). The molecule has 0 atom stereocenters. The number of hydrogen-bond acceptors (Lipinski definition) is 8. The van der Waals surface area contributed by atoms with Gasteiger partial charge in [0.2, 0.25) is 9.84 Å². The van der Waals surface area contributed by atoms with Crippen molar-refractivity contribution in [3.05, 3.63) is 92.8 Å². The van der Waals surface area contributed by atoms with Crippen molar-refractivity contribution in [2.75, 3.05) is 0 Å². The third-order valence-electron chi connectivity index (χ3n) is 4.88. The van der Waals surface area contributed by atoms with Crippen molar-refractivity contribution in [2.24, 2.45) is 0 Å². The summed E-state index contributed by atoms with van der Waals surface area (Å²) < 4.78 is 32.6. The van der Waals surface area contributed by atoms with Crippen LogP contribution >= 0.6 is 11.3 Å². The Balaban J connectivity index is 1.45. The lowest BCUT2D eigenvalue weighted by Crippen LogP contribution is -2.21. The maximum atomic E-state index is 13.0. The molecule has 0 radical (unpaired) electrons. The van der Waals surface area contributed by atoms with Gasteiger partial charge in [-0.05, 0) is 30.3 Å². The van der Waals surface area contributed by atoms with Crippen LogP contribution in [0.25, 0.3) is 4.96 Å². The third kappa shape index (κ3) is 3.07. The van der Waals surface area contributed by atoms with E-state index in [1.54, 1.807) is 17.6 Å². The lowest BCUT2D eigenvalue weighted by atomic mass is 10.0. The van der Waals surface area contributed by atoms with Gasteiger partial charge in [-0.15, -0.1) is 11.3 Å². The van der Waals surface area contributed by atoms with Crippen LogP contribution < -0.4 is 5.56 Å². The number of esters is 1. The second kappa shape index (κ2) is 6.96. The lowest BCUT2D eigenvalue weighted by molar-refractivity contribution is 0.0467. The van der Waals surface area contributed by atoms with E-state index in [0.717, 1.165) is 6.07 Å². The van der Waals surface area contributed by atoms with Gasteiger partial charge in [0.15, 0.2) is 10.7 Å². The van der Waals surface area contributed by atoms with Gasteiger partial charge in [-0.3, -0.25) is 14.0 Å². The van der Waals surface area contributed by atoms with E-state index in [2.05, 4.69) is 4.98 Å². The summed E-state index contributed by atoms with van der Waals surface area (Å²) in [6.07, 6.45) is 1.60. The van der Waals surface area contributed by atoms with E-state index in [9.17, 15) is 22.8 Å². The fraction of sp³-hybridized carbons (Fsp3) is 0.0476. The molecule has 1 aliphatic heterocycles. The number of carbonyl (C=O) groups excluding carboxylic acids is 2. The number of sulfone groups is 1. The highest BCUT2D eigenvalue weighted by Crippen LogP contribution is 2.34. The number of nitrogens with zero attached hydrogens (tertiary/aromatic N) is 2. The van der Waals surface area contributed by atoms with Crippen LogP contribution in [0.1, 0.15) is 32.0 Å². The van der Waals surface area contributed by atoms with Gasteiger partial charge in [0.05, 0.1) is 21.0 Å². The first kappa shape index (κ1) is 19.3. The second-order valence-corrected chi connectivity index (χ2v) is 9.52. The van der Waals surface area contributed by atoms with E-state index >= 15 is 0 Å². The SMILES string of the molecule is O=C(OCc1cc(=O)n2ccsc2n1)c1ccc2c(c1)S(=O)(=O)c1ccccc1C2=O. The number of aromatic nitrogens is 2. The molecule has 1 aliphatic rings. The van der Waals surface area contributed by atoms with E-state index in [1.165, 1.54) is 52.1 Å². The average molecular weight is 452 g/mol. The summed E-state index contributed by atoms with van der Waals surface area (Å²) in [5.41, 5.74) is 0.0630. The zero-order chi connectivity index (χ0) is 21.8. The molecule has 0 amide bonds. The first-order valence-corrected chi connectivity index (χ1v) is 11.4. The van der Waals surface area contributed by atoms with E-state index in [-0.39, 0.29) is 44.3 Å². The molecule has 0 N–H and O–H groups in total. The number of hydrogen-bond donors (Lipinski definition) is 0. The Labute approximate surface area is 179 Å². The predicted molar refractivity (Wildman–Crippen MR) is 110 cm³/mol. The molecule has 0 bridgehead atoms. The minimum absolute atomic E-state index is 0.00749. The molecule has 2 aromatic carbocycles. The molecule has 154 valence electrons. The monoisotopic (exact) mass is 452 g/mol. The topological polar surface area (TPSA) is 112 Å².